The second-order valence-corrected chi connectivity index (χ2v) is 4.27. The Labute approximate surface area is 72.7 Å². The van der Waals surface area contributed by atoms with Gasteiger partial charge < -0.3 is 0 Å². The van der Waals surface area contributed by atoms with Crippen molar-refractivity contribution in [3.05, 3.63) is 0 Å². The summed E-state index contributed by atoms with van der Waals surface area (Å²) in [7, 11) is 0. The van der Waals surface area contributed by atoms with Crippen LogP contribution in [-0.2, 0) is 0 Å². The zero-order valence-electron chi connectivity index (χ0n) is 8.03. The van der Waals surface area contributed by atoms with E-state index in [1.54, 1.807) is 0 Å². The lowest BCUT2D eigenvalue weighted by atomic mass is 10.0. The zero-order valence-corrected chi connectivity index (χ0v) is 8.03. The molecule has 0 amide bonds. The topological polar surface area (TPSA) is 3.24 Å². The molecule has 1 heterocycles. The first-order valence-electron chi connectivity index (χ1n) is 4.50. The fourth-order valence-electron chi connectivity index (χ4n) is 1.95. The van der Waals surface area contributed by atoms with Gasteiger partial charge in [-0.3, -0.25) is 4.90 Å². The predicted molar refractivity (Wildman–Crippen MR) is 45.5 cm³/mol. The van der Waals surface area contributed by atoms with Crippen molar-refractivity contribution in [2.45, 2.75) is 45.1 Å². The molecule has 1 saturated heterocycles. The van der Waals surface area contributed by atoms with Crippen LogP contribution in [-0.4, -0.2) is 29.5 Å². The van der Waals surface area contributed by atoms with Gasteiger partial charge in [-0.05, 0) is 26.8 Å². The average Bonchev–Trinajstić information content (AvgIpc) is 2.01. The number of likely N-dealkylation sites (tertiary alicyclic amines) is 1. The smallest absolute Gasteiger partial charge is 0.262 e. The summed E-state index contributed by atoms with van der Waals surface area (Å²) in [5, 5.41) is 0. The number of hydrogen-bond donors (Lipinski definition) is 0. The second kappa shape index (κ2) is 2.95. The second-order valence-electron chi connectivity index (χ2n) is 4.27. The summed E-state index contributed by atoms with van der Waals surface area (Å²) in [5.74, 6) is -2.47. The van der Waals surface area contributed by atoms with Gasteiger partial charge in [-0.2, -0.15) is 0 Å². The minimum absolute atomic E-state index is 0. The lowest BCUT2D eigenvalue weighted by molar-refractivity contribution is 0.0116. The van der Waals surface area contributed by atoms with Gasteiger partial charge in [-0.1, -0.05) is 6.92 Å². The Morgan fingerprint density at radius 3 is 2.25 bits per heavy atom. The van der Waals surface area contributed by atoms with Crippen LogP contribution in [0.4, 0.5) is 8.78 Å². The Morgan fingerprint density at radius 2 is 1.92 bits per heavy atom. The molecule has 1 aliphatic rings. The predicted octanol–water partition coefficient (Wildman–Crippen LogP) is 2.52. The van der Waals surface area contributed by atoms with E-state index in [9.17, 15) is 8.78 Å². The molecule has 0 bridgehead atoms. The van der Waals surface area contributed by atoms with Crippen molar-refractivity contribution < 1.29 is 8.78 Å². The van der Waals surface area contributed by atoms with Gasteiger partial charge in [0.2, 0.25) is 0 Å². The number of nitrogens with zero attached hydrogens (tertiary/aromatic N) is 1. The molecule has 0 spiro atoms. The van der Waals surface area contributed by atoms with E-state index < -0.39 is 5.92 Å². The van der Waals surface area contributed by atoms with E-state index in [0.717, 1.165) is 13.0 Å². The maximum absolute atomic E-state index is 13.0. The summed E-state index contributed by atoms with van der Waals surface area (Å²) in [6.07, 6.45) is 0.944. The van der Waals surface area contributed by atoms with E-state index in [2.05, 4.69) is 0 Å². The first kappa shape index (κ1) is 9.90. The molecule has 0 unspecified atom stereocenters. The fraction of sp³-hybridized carbons (Fsp3) is 1.00. The van der Waals surface area contributed by atoms with Crippen molar-refractivity contribution in [3.8, 4) is 0 Å². The van der Waals surface area contributed by atoms with E-state index in [1.807, 2.05) is 25.7 Å². The lowest BCUT2D eigenvalue weighted by Gasteiger charge is -2.29. The summed E-state index contributed by atoms with van der Waals surface area (Å²) >= 11 is 0. The average molecular weight is 177 g/mol. The minimum atomic E-state index is -2.47. The molecular formula is C9H17F2N. The van der Waals surface area contributed by atoms with Crippen LogP contribution in [0.15, 0.2) is 0 Å². The first-order chi connectivity index (χ1) is 5.37. The summed E-state index contributed by atoms with van der Waals surface area (Å²) in [4.78, 5) is 1.88. The molecule has 72 valence electrons. The quantitative estimate of drug-likeness (QED) is 0.626. The van der Waals surface area contributed by atoms with Crippen LogP contribution >= 0.6 is 0 Å². The molecule has 0 aromatic heterocycles. The van der Waals surface area contributed by atoms with Gasteiger partial charge in [0, 0.05) is 12.0 Å². The Hall–Kier alpha value is -0.180. The molecule has 0 saturated carbocycles. The molecular weight excluding hydrogens is 160 g/mol. The van der Waals surface area contributed by atoms with Gasteiger partial charge in [-0.15, -0.1) is 0 Å². The third-order valence-electron chi connectivity index (χ3n) is 2.46. The van der Waals surface area contributed by atoms with Crippen molar-refractivity contribution in [3.63, 3.8) is 0 Å². The molecule has 1 fully saturated rings. The molecule has 1 nitrogen and oxygen atoms in total. The molecule has 0 aliphatic carbocycles. The Morgan fingerprint density at radius 1 is 1.33 bits per heavy atom. The summed E-state index contributed by atoms with van der Waals surface area (Å²) in [5.41, 5.74) is -0.320. The van der Waals surface area contributed by atoms with E-state index in [0.29, 0.717) is 0 Å². The van der Waals surface area contributed by atoms with Gasteiger partial charge in [0.1, 0.15) is 0 Å². The first-order valence-corrected chi connectivity index (χ1v) is 4.50. The van der Waals surface area contributed by atoms with Crippen LogP contribution in [0, 0.1) is 0 Å². The van der Waals surface area contributed by atoms with Crippen LogP contribution in [0.1, 0.15) is 33.6 Å². The molecule has 0 atom stereocenters. The molecule has 12 heavy (non-hydrogen) atoms. The van der Waals surface area contributed by atoms with Crippen LogP contribution < -0.4 is 0 Å². The molecule has 0 aromatic rings. The van der Waals surface area contributed by atoms with Crippen LogP contribution in [0.2, 0.25) is 0 Å². The van der Waals surface area contributed by atoms with Gasteiger partial charge in [0.25, 0.3) is 5.92 Å². The van der Waals surface area contributed by atoms with E-state index in [-0.39, 0.29) is 18.5 Å². The van der Waals surface area contributed by atoms with Gasteiger partial charge in [0.15, 0.2) is 0 Å². The van der Waals surface area contributed by atoms with Crippen molar-refractivity contribution >= 4 is 0 Å². The van der Waals surface area contributed by atoms with Gasteiger partial charge in [0.05, 0.1) is 6.54 Å². The molecule has 0 radical (unpaired) electrons. The summed E-state index contributed by atoms with van der Waals surface area (Å²) in [6.45, 7) is 6.52. The SMILES string of the molecule is CCCN1CC(F)(F)CC1(C)C. The molecule has 3 heteroatoms. The van der Waals surface area contributed by atoms with Crippen LogP contribution in [0.3, 0.4) is 0 Å². The molecule has 0 N–H and O–H groups in total. The van der Waals surface area contributed by atoms with Crippen LogP contribution in [0.5, 0.6) is 0 Å². The van der Waals surface area contributed by atoms with Crippen molar-refractivity contribution in [2.24, 2.45) is 0 Å². The number of hydrogen-bond acceptors (Lipinski definition) is 1. The Balaban J connectivity index is 2.64. The highest BCUT2D eigenvalue weighted by molar-refractivity contribution is 4.96. The van der Waals surface area contributed by atoms with Crippen molar-refractivity contribution in [1.29, 1.82) is 0 Å². The molecule has 1 rings (SSSR count). The summed E-state index contributed by atoms with van der Waals surface area (Å²) < 4.78 is 25.9. The fourth-order valence-corrected chi connectivity index (χ4v) is 1.95. The highest BCUT2D eigenvalue weighted by Crippen LogP contribution is 2.38. The van der Waals surface area contributed by atoms with E-state index in [1.165, 1.54) is 0 Å². The normalized spacial score (nSPS) is 27.8. The van der Waals surface area contributed by atoms with Crippen molar-refractivity contribution in [2.75, 3.05) is 13.1 Å². The lowest BCUT2D eigenvalue weighted by Crippen LogP contribution is -2.38. The Kier molecular flexibility index (Phi) is 2.43. The number of halogens is 2. The third kappa shape index (κ3) is 1.94. The van der Waals surface area contributed by atoms with Crippen molar-refractivity contribution in [1.82, 2.24) is 4.90 Å². The largest absolute Gasteiger partial charge is 0.292 e. The molecule has 0 aromatic carbocycles. The standard InChI is InChI=1S/C9H17F2N/c1-4-5-12-7-9(10,11)6-8(12,2)3/h4-7H2,1-3H3. The maximum Gasteiger partial charge on any atom is 0.262 e. The monoisotopic (exact) mass is 177 g/mol. The van der Waals surface area contributed by atoms with E-state index >= 15 is 0 Å². The minimum Gasteiger partial charge on any atom is -0.292 e. The number of rotatable bonds is 2. The third-order valence-corrected chi connectivity index (χ3v) is 2.46. The van der Waals surface area contributed by atoms with Gasteiger partial charge >= 0.3 is 0 Å². The number of alkyl halides is 2. The highest BCUT2D eigenvalue weighted by atomic mass is 19.3. The highest BCUT2D eigenvalue weighted by Gasteiger charge is 2.48. The summed E-state index contributed by atoms with van der Waals surface area (Å²) in [6, 6.07) is 0. The maximum atomic E-state index is 13.0. The van der Waals surface area contributed by atoms with E-state index in [4.69, 9.17) is 0 Å². The van der Waals surface area contributed by atoms with Crippen LogP contribution in [0.25, 0.3) is 0 Å². The molecule has 1 aliphatic heterocycles. The Bertz CT molecular complexity index is 166. The zero-order chi connectivity index (χ0) is 9.41. The van der Waals surface area contributed by atoms with Gasteiger partial charge in [-0.25, -0.2) is 8.78 Å².